The van der Waals surface area contributed by atoms with Gasteiger partial charge in [-0.2, -0.15) is 0 Å². The van der Waals surface area contributed by atoms with Crippen LogP contribution in [-0.4, -0.2) is 38.5 Å². The van der Waals surface area contributed by atoms with E-state index in [4.69, 9.17) is 4.74 Å². The molecule has 0 bridgehead atoms. The average molecular weight is 351 g/mol. The molecule has 2 fully saturated rings. The van der Waals surface area contributed by atoms with Gasteiger partial charge in [0.25, 0.3) is 0 Å². The monoisotopic (exact) mass is 351 g/mol. The van der Waals surface area contributed by atoms with E-state index in [1.807, 2.05) is 24.3 Å². The number of hydrogen-bond donors (Lipinski definition) is 1. The summed E-state index contributed by atoms with van der Waals surface area (Å²) in [6.45, 7) is 0.234. The van der Waals surface area contributed by atoms with Crippen molar-refractivity contribution in [3.8, 4) is 5.75 Å². The number of amides is 1. The molecule has 1 aliphatic heterocycles. The third-order valence-corrected chi connectivity index (χ3v) is 8.22. The minimum atomic E-state index is -3.31. The second-order valence-electron chi connectivity index (χ2n) is 6.91. The van der Waals surface area contributed by atoms with Gasteiger partial charge in [0.15, 0.2) is 9.84 Å². The first-order chi connectivity index (χ1) is 11.5. The summed E-state index contributed by atoms with van der Waals surface area (Å²) in [5.74, 6) is 0.711. The maximum absolute atomic E-state index is 13.0. The van der Waals surface area contributed by atoms with Crippen molar-refractivity contribution in [2.24, 2.45) is 5.92 Å². The molecule has 132 valence electrons. The number of benzene rings is 1. The van der Waals surface area contributed by atoms with Gasteiger partial charge in [0, 0.05) is 13.0 Å². The Labute approximate surface area is 143 Å². The molecule has 1 aliphatic carbocycles. The topological polar surface area (TPSA) is 72.5 Å². The zero-order valence-corrected chi connectivity index (χ0v) is 14.9. The van der Waals surface area contributed by atoms with E-state index in [1.165, 1.54) is 0 Å². The first kappa shape index (κ1) is 17.3. The second-order valence-corrected chi connectivity index (χ2v) is 9.36. The highest BCUT2D eigenvalue weighted by Gasteiger charge is 2.52. The SMILES string of the molecule is COc1ccc(CC2CCCCC23CC(=O)NCCS3(=O)=O)cc1. The molecule has 0 aromatic heterocycles. The van der Waals surface area contributed by atoms with Crippen molar-refractivity contribution in [2.45, 2.75) is 43.3 Å². The lowest BCUT2D eigenvalue weighted by Gasteiger charge is -2.42. The van der Waals surface area contributed by atoms with Crippen molar-refractivity contribution in [3.05, 3.63) is 29.8 Å². The molecule has 2 atom stereocenters. The van der Waals surface area contributed by atoms with Crippen molar-refractivity contribution in [1.82, 2.24) is 5.32 Å². The van der Waals surface area contributed by atoms with Crippen LogP contribution >= 0.6 is 0 Å². The average Bonchev–Trinajstić information content (AvgIpc) is 2.67. The van der Waals surface area contributed by atoms with Crippen LogP contribution in [0.1, 0.15) is 37.7 Å². The Morgan fingerprint density at radius 2 is 2.00 bits per heavy atom. The Bertz CT molecular complexity index is 698. The molecule has 3 rings (SSSR count). The fraction of sp³-hybridized carbons (Fsp3) is 0.611. The van der Waals surface area contributed by atoms with Gasteiger partial charge >= 0.3 is 0 Å². The van der Waals surface area contributed by atoms with Crippen LogP contribution in [0.2, 0.25) is 0 Å². The van der Waals surface area contributed by atoms with Crippen LogP contribution in [0.25, 0.3) is 0 Å². The first-order valence-corrected chi connectivity index (χ1v) is 10.2. The van der Waals surface area contributed by atoms with Gasteiger partial charge in [-0.3, -0.25) is 4.79 Å². The Morgan fingerprint density at radius 1 is 1.25 bits per heavy atom. The summed E-state index contributed by atoms with van der Waals surface area (Å²) in [6, 6.07) is 7.79. The van der Waals surface area contributed by atoms with E-state index < -0.39 is 14.6 Å². The van der Waals surface area contributed by atoms with Gasteiger partial charge in [-0.05, 0) is 42.9 Å². The minimum absolute atomic E-state index is 0.00602. The number of ether oxygens (including phenoxy) is 1. The predicted molar refractivity (Wildman–Crippen MR) is 92.8 cm³/mol. The van der Waals surface area contributed by atoms with Crippen LogP contribution in [0.5, 0.6) is 5.75 Å². The summed E-state index contributed by atoms with van der Waals surface area (Å²) in [7, 11) is -1.68. The molecule has 1 aromatic rings. The fourth-order valence-corrected chi connectivity index (χ4v) is 6.52. The van der Waals surface area contributed by atoms with Crippen molar-refractivity contribution >= 4 is 15.7 Å². The third kappa shape index (κ3) is 3.16. The van der Waals surface area contributed by atoms with Crippen molar-refractivity contribution in [1.29, 1.82) is 0 Å². The molecule has 2 aliphatic rings. The summed E-state index contributed by atoms with van der Waals surface area (Å²) in [4.78, 5) is 12.1. The number of carbonyl (C=O) groups is 1. The summed E-state index contributed by atoms with van der Waals surface area (Å²) >= 11 is 0. The number of nitrogens with one attached hydrogen (secondary N) is 1. The Balaban J connectivity index is 1.92. The number of carbonyl (C=O) groups excluding carboxylic acids is 1. The standard InChI is InChI=1S/C18H25NO4S/c1-23-16-7-5-14(6-8-16)12-15-4-2-3-9-18(15)13-17(20)19-10-11-24(18,21)22/h5-8,15H,2-4,9-13H2,1H3,(H,19,20). The molecule has 1 aromatic carbocycles. The maximum Gasteiger partial charge on any atom is 0.221 e. The molecule has 1 N–H and O–H groups in total. The highest BCUT2D eigenvalue weighted by Crippen LogP contribution is 2.45. The summed E-state index contributed by atoms with van der Waals surface area (Å²) < 4.78 is 30.3. The van der Waals surface area contributed by atoms with Crippen LogP contribution in [-0.2, 0) is 21.1 Å². The Morgan fingerprint density at radius 3 is 2.71 bits per heavy atom. The van der Waals surface area contributed by atoms with E-state index in [2.05, 4.69) is 5.32 Å². The maximum atomic E-state index is 13.0. The summed E-state index contributed by atoms with van der Waals surface area (Å²) in [5.41, 5.74) is 1.10. The van der Waals surface area contributed by atoms with Gasteiger partial charge in [0.1, 0.15) is 5.75 Å². The molecule has 1 saturated carbocycles. The number of methoxy groups -OCH3 is 1. The lowest BCUT2D eigenvalue weighted by Crippen LogP contribution is -2.50. The smallest absolute Gasteiger partial charge is 0.221 e. The van der Waals surface area contributed by atoms with Gasteiger partial charge in [0.05, 0.1) is 17.6 Å². The fourth-order valence-electron chi connectivity index (χ4n) is 4.23. The molecule has 1 heterocycles. The highest BCUT2D eigenvalue weighted by atomic mass is 32.2. The summed E-state index contributed by atoms with van der Waals surface area (Å²) in [6.07, 6.45) is 4.17. The van der Waals surface area contributed by atoms with Crippen molar-refractivity contribution in [3.63, 3.8) is 0 Å². The van der Waals surface area contributed by atoms with Crippen LogP contribution in [0.3, 0.4) is 0 Å². The Kier molecular flexibility index (Phi) is 4.85. The van der Waals surface area contributed by atoms with Crippen molar-refractivity contribution in [2.75, 3.05) is 19.4 Å². The molecular weight excluding hydrogens is 326 g/mol. The predicted octanol–water partition coefficient (Wildman–Crippen LogP) is 2.10. The summed E-state index contributed by atoms with van der Waals surface area (Å²) in [5, 5.41) is 2.74. The van der Waals surface area contributed by atoms with E-state index in [-0.39, 0.29) is 30.5 Å². The number of rotatable bonds is 3. The number of sulfone groups is 1. The molecular formula is C18H25NO4S. The number of hydrogen-bond acceptors (Lipinski definition) is 4. The molecule has 6 heteroatoms. The lowest BCUT2D eigenvalue weighted by molar-refractivity contribution is -0.121. The van der Waals surface area contributed by atoms with E-state index >= 15 is 0 Å². The van der Waals surface area contributed by atoms with Crippen LogP contribution < -0.4 is 10.1 Å². The highest BCUT2D eigenvalue weighted by molar-refractivity contribution is 7.92. The van der Waals surface area contributed by atoms with Crippen LogP contribution in [0.15, 0.2) is 24.3 Å². The first-order valence-electron chi connectivity index (χ1n) is 8.59. The van der Waals surface area contributed by atoms with Gasteiger partial charge in [-0.25, -0.2) is 8.42 Å². The van der Waals surface area contributed by atoms with Gasteiger partial charge in [-0.1, -0.05) is 25.0 Å². The zero-order chi connectivity index (χ0) is 17.2. The molecule has 24 heavy (non-hydrogen) atoms. The van der Waals surface area contributed by atoms with E-state index in [1.54, 1.807) is 7.11 Å². The zero-order valence-electron chi connectivity index (χ0n) is 14.1. The molecule has 1 spiro atoms. The Hall–Kier alpha value is -1.56. The molecule has 0 radical (unpaired) electrons. The van der Waals surface area contributed by atoms with Crippen LogP contribution in [0, 0.1) is 5.92 Å². The molecule has 1 amide bonds. The van der Waals surface area contributed by atoms with E-state index in [0.29, 0.717) is 12.8 Å². The van der Waals surface area contributed by atoms with Gasteiger partial charge < -0.3 is 10.1 Å². The van der Waals surface area contributed by atoms with Crippen LogP contribution in [0.4, 0.5) is 0 Å². The van der Waals surface area contributed by atoms with Gasteiger partial charge in [-0.15, -0.1) is 0 Å². The van der Waals surface area contributed by atoms with E-state index in [0.717, 1.165) is 30.6 Å². The largest absolute Gasteiger partial charge is 0.497 e. The molecule has 5 nitrogen and oxygen atoms in total. The van der Waals surface area contributed by atoms with Gasteiger partial charge in [0.2, 0.25) is 5.91 Å². The molecule has 1 saturated heterocycles. The van der Waals surface area contributed by atoms with Crippen molar-refractivity contribution < 1.29 is 17.9 Å². The normalized spacial score (nSPS) is 29.7. The minimum Gasteiger partial charge on any atom is -0.497 e. The second kappa shape index (κ2) is 6.75. The quantitative estimate of drug-likeness (QED) is 0.905. The van der Waals surface area contributed by atoms with E-state index in [9.17, 15) is 13.2 Å². The molecule has 2 unspecified atom stereocenters. The third-order valence-electron chi connectivity index (χ3n) is 5.56. The lowest BCUT2D eigenvalue weighted by atomic mass is 9.73.